The van der Waals surface area contributed by atoms with Crippen LogP contribution < -0.4 is 0 Å². The number of aliphatic imine (C=N–C) groups is 1. The Hall–Kier alpha value is -0.530. The van der Waals surface area contributed by atoms with Crippen LogP contribution in [0.25, 0.3) is 0 Å². The molecule has 0 N–H and O–H groups in total. The Morgan fingerprint density at radius 3 is 1.77 bits per heavy atom. The van der Waals surface area contributed by atoms with Gasteiger partial charge in [-0.25, -0.2) is 0 Å². The van der Waals surface area contributed by atoms with E-state index in [1.54, 1.807) is 0 Å². The molecule has 0 atom stereocenters. The van der Waals surface area contributed by atoms with Gasteiger partial charge in [0, 0.05) is 13.0 Å². The molecule has 0 aromatic carbocycles. The van der Waals surface area contributed by atoms with Crippen LogP contribution in [0.3, 0.4) is 0 Å². The van der Waals surface area contributed by atoms with Crippen LogP contribution in [0.5, 0.6) is 0 Å². The third-order valence-electron chi connectivity index (χ3n) is 3.59. The van der Waals surface area contributed by atoms with E-state index in [2.05, 4.69) is 53.5 Å². The minimum atomic E-state index is 0.0291. The number of hydrogen-bond acceptors (Lipinski definition) is 2. The fourth-order valence-electron chi connectivity index (χ4n) is 1.71. The largest absolute Gasteiger partial charge is 0.356 e. The Balaban J connectivity index is 3.07. The van der Waals surface area contributed by atoms with Gasteiger partial charge in [-0.05, 0) is 27.7 Å². The lowest BCUT2D eigenvalue weighted by molar-refractivity contribution is 0.183. The summed E-state index contributed by atoms with van der Waals surface area (Å²) in [5, 5.41) is 0. The van der Waals surface area contributed by atoms with Crippen LogP contribution in [0.4, 0.5) is 0 Å². The average Bonchev–Trinajstić information content (AvgIpc) is 2.11. The van der Waals surface area contributed by atoms with Crippen LogP contribution in [-0.4, -0.2) is 28.9 Å². The maximum Gasteiger partial charge on any atom is 0.102 e. The van der Waals surface area contributed by atoms with Crippen molar-refractivity contribution in [2.24, 2.45) is 10.9 Å². The highest BCUT2D eigenvalue weighted by Crippen LogP contribution is 2.37. The summed E-state index contributed by atoms with van der Waals surface area (Å²) >= 11 is 0. The van der Waals surface area contributed by atoms with Crippen molar-refractivity contribution in [2.45, 2.75) is 52.6 Å². The quantitative estimate of drug-likeness (QED) is 0.608. The van der Waals surface area contributed by atoms with Crippen molar-refractivity contribution in [1.82, 2.24) is 4.90 Å². The monoisotopic (exact) mass is 182 g/mol. The SMILES string of the molecule is CC(C)C1=NC(C)(C)C(C)(C)N1C. The third-order valence-corrected chi connectivity index (χ3v) is 3.59. The van der Waals surface area contributed by atoms with Gasteiger partial charge in [-0.15, -0.1) is 0 Å². The lowest BCUT2D eigenvalue weighted by Crippen LogP contribution is -2.51. The van der Waals surface area contributed by atoms with Gasteiger partial charge in [0.1, 0.15) is 5.84 Å². The van der Waals surface area contributed by atoms with Gasteiger partial charge in [0.05, 0.1) is 11.1 Å². The van der Waals surface area contributed by atoms with E-state index < -0.39 is 0 Å². The number of likely N-dealkylation sites (N-methyl/N-ethyl adjacent to an activating group) is 1. The lowest BCUT2D eigenvalue weighted by atomic mass is 9.83. The molecule has 1 heterocycles. The van der Waals surface area contributed by atoms with Gasteiger partial charge in [0.25, 0.3) is 0 Å². The first kappa shape index (κ1) is 10.6. The highest BCUT2D eigenvalue weighted by atomic mass is 15.3. The standard InChI is InChI=1S/C11H22N2/c1-8(2)9-12-10(3,4)11(5,6)13(9)7/h8H,1-7H3. The third kappa shape index (κ3) is 1.36. The fraction of sp³-hybridized carbons (Fsp3) is 0.909. The Kier molecular flexibility index (Phi) is 2.21. The predicted molar refractivity (Wildman–Crippen MR) is 58.2 cm³/mol. The van der Waals surface area contributed by atoms with Crippen molar-refractivity contribution in [1.29, 1.82) is 0 Å². The van der Waals surface area contributed by atoms with E-state index in [0.717, 1.165) is 0 Å². The first-order chi connectivity index (χ1) is 5.70. The maximum atomic E-state index is 4.80. The van der Waals surface area contributed by atoms with Gasteiger partial charge in [-0.3, -0.25) is 4.99 Å². The molecule has 0 aromatic rings. The van der Waals surface area contributed by atoms with E-state index in [0.29, 0.717) is 5.92 Å². The average molecular weight is 182 g/mol. The van der Waals surface area contributed by atoms with Gasteiger partial charge in [0.2, 0.25) is 0 Å². The zero-order valence-corrected chi connectivity index (χ0v) is 9.97. The van der Waals surface area contributed by atoms with E-state index in [4.69, 9.17) is 4.99 Å². The molecule has 2 nitrogen and oxygen atoms in total. The van der Waals surface area contributed by atoms with Crippen LogP contribution in [0.2, 0.25) is 0 Å². The highest BCUT2D eigenvalue weighted by molar-refractivity contribution is 5.87. The number of amidine groups is 1. The maximum absolute atomic E-state index is 4.80. The molecule has 0 bridgehead atoms. The minimum Gasteiger partial charge on any atom is -0.356 e. The Morgan fingerprint density at radius 1 is 1.15 bits per heavy atom. The van der Waals surface area contributed by atoms with Gasteiger partial charge < -0.3 is 4.90 Å². The summed E-state index contributed by atoms with van der Waals surface area (Å²) in [6, 6.07) is 0. The number of rotatable bonds is 1. The molecule has 2 heteroatoms. The lowest BCUT2D eigenvalue weighted by Gasteiger charge is -2.39. The molecule has 1 aliphatic rings. The fourth-order valence-corrected chi connectivity index (χ4v) is 1.71. The molecular formula is C11H22N2. The summed E-state index contributed by atoms with van der Waals surface area (Å²) in [5.41, 5.74) is 0.161. The van der Waals surface area contributed by atoms with E-state index in [1.165, 1.54) is 5.84 Å². The minimum absolute atomic E-state index is 0.0291. The Bertz CT molecular complexity index is 236. The molecule has 0 aromatic heterocycles. The van der Waals surface area contributed by atoms with Crippen molar-refractivity contribution in [3.63, 3.8) is 0 Å². The van der Waals surface area contributed by atoms with Crippen LogP contribution in [0.15, 0.2) is 4.99 Å². The topological polar surface area (TPSA) is 15.6 Å². The predicted octanol–water partition coefficient (Wildman–Crippen LogP) is 2.54. The van der Waals surface area contributed by atoms with Gasteiger partial charge >= 0.3 is 0 Å². The molecule has 0 radical (unpaired) electrons. The molecule has 1 rings (SSSR count). The molecule has 0 unspecified atom stereocenters. The first-order valence-corrected chi connectivity index (χ1v) is 5.04. The summed E-state index contributed by atoms with van der Waals surface area (Å²) in [5.74, 6) is 1.75. The van der Waals surface area contributed by atoms with Crippen molar-refractivity contribution in [3.8, 4) is 0 Å². The van der Waals surface area contributed by atoms with Crippen LogP contribution >= 0.6 is 0 Å². The Morgan fingerprint density at radius 2 is 1.62 bits per heavy atom. The summed E-state index contributed by atoms with van der Waals surface area (Å²) in [6.45, 7) is 13.3. The summed E-state index contributed by atoms with van der Waals surface area (Å²) in [4.78, 5) is 7.11. The van der Waals surface area contributed by atoms with Gasteiger partial charge in [0.15, 0.2) is 0 Å². The molecule has 76 valence electrons. The summed E-state index contributed by atoms with van der Waals surface area (Å²) in [6.07, 6.45) is 0. The van der Waals surface area contributed by atoms with Crippen molar-refractivity contribution < 1.29 is 0 Å². The van der Waals surface area contributed by atoms with E-state index in [1.807, 2.05) is 0 Å². The number of hydrogen-bond donors (Lipinski definition) is 0. The second-order valence-electron chi connectivity index (χ2n) is 5.30. The van der Waals surface area contributed by atoms with Crippen molar-refractivity contribution in [3.05, 3.63) is 0 Å². The second-order valence-corrected chi connectivity index (χ2v) is 5.30. The molecule has 1 aliphatic heterocycles. The van der Waals surface area contributed by atoms with E-state index >= 15 is 0 Å². The molecule has 13 heavy (non-hydrogen) atoms. The number of nitrogens with zero attached hydrogens (tertiary/aromatic N) is 2. The van der Waals surface area contributed by atoms with Crippen LogP contribution in [0.1, 0.15) is 41.5 Å². The highest BCUT2D eigenvalue weighted by Gasteiger charge is 2.47. The summed E-state index contributed by atoms with van der Waals surface area (Å²) < 4.78 is 0. The van der Waals surface area contributed by atoms with Crippen LogP contribution in [-0.2, 0) is 0 Å². The zero-order valence-electron chi connectivity index (χ0n) is 9.97. The Labute approximate surface area is 82.0 Å². The molecule has 0 saturated carbocycles. The second kappa shape index (κ2) is 2.73. The van der Waals surface area contributed by atoms with E-state index in [9.17, 15) is 0 Å². The molecular weight excluding hydrogens is 160 g/mol. The first-order valence-electron chi connectivity index (χ1n) is 5.04. The molecule has 0 aliphatic carbocycles. The molecule has 0 amide bonds. The zero-order chi connectivity index (χ0) is 10.4. The molecule has 0 spiro atoms. The normalized spacial score (nSPS) is 25.2. The smallest absolute Gasteiger partial charge is 0.102 e. The summed E-state index contributed by atoms with van der Waals surface area (Å²) in [7, 11) is 2.15. The van der Waals surface area contributed by atoms with E-state index in [-0.39, 0.29) is 11.1 Å². The van der Waals surface area contributed by atoms with Crippen molar-refractivity contribution in [2.75, 3.05) is 7.05 Å². The molecule has 0 saturated heterocycles. The van der Waals surface area contributed by atoms with Crippen molar-refractivity contribution >= 4 is 5.84 Å². The van der Waals surface area contributed by atoms with Gasteiger partial charge in [-0.1, -0.05) is 13.8 Å². The molecule has 0 fully saturated rings. The van der Waals surface area contributed by atoms with Gasteiger partial charge in [-0.2, -0.15) is 0 Å². The van der Waals surface area contributed by atoms with Crippen LogP contribution in [0, 0.1) is 5.92 Å².